The molecule has 2 N–H and O–H groups in total. The van der Waals surface area contributed by atoms with Gasteiger partial charge in [0.05, 0.1) is 43.0 Å². The van der Waals surface area contributed by atoms with Crippen molar-refractivity contribution < 1.29 is 23.5 Å². The number of methoxy groups -OCH3 is 1. The predicted molar refractivity (Wildman–Crippen MR) is 180 cm³/mol. The van der Waals surface area contributed by atoms with E-state index in [1.807, 2.05) is 6.20 Å². The number of amides is 1. The van der Waals surface area contributed by atoms with E-state index >= 15 is 4.39 Å². The summed E-state index contributed by atoms with van der Waals surface area (Å²) in [5.74, 6) is 1.07. The minimum Gasteiger partial charge on any atom is -0.496 e. The first kappa shape index (κ1) is 33.0. The number of hydrogen-bond donors (Lipinski definition) is 2. The number of aryl methyl sites for hydroxylation is 1. The van der Waals surface area contributed by atoms with E-state index in [9.17, 15) is 9.59 Å². The summed E-state index contributed by atoms with van der Waals surface area (Å²) in [4.78, 5) is 32.3. The highest BCUT2D eigenvalue weighted by molar-refractivity contribution is 6.20. The number of morpholine rings is 1. The van der Waals surface area contributed by atoms with E-state index in [0.717, 1.165) is 56.4 Å². The second-order valence-electron chi connectivity index (χ2n) is 15.2. The molecule has 3 saturated carbocycles. The number of ketones is 1. The molecule has 0 aromatic heterocycles. The number of ether oxygens (including phenoxy) is 2. The van der Waals surface area contributed by atoms with Gasteiger partial charge in [0.1, 0.15) is 11.9 Å². The maximum atomic E-state index is 16.3. The van der Waals surface area contributed by atoms with Crippen LogP contribution in [0.5, 0.6) is 5.75 Å². The number of nitrogens with one attached hydrogen (secondary N) is 2. The van der Waals surface area contributed by atoms with Gasteiger partial charge in [0.15, 0.2) is 5.78 Å². The topological polar surface area (TPSA) is 83.1 Å². The predicted octanol–water partition coefficient (Wildman–Crippen LogP) is 4.59. The van der Waals surface area contributed by atoms with Crippen molar-refractivity contribution in [2.45, 2.75) is 127 Å². The van der Waals surface area contributed by atoms with Crippen molar-refractivity contribution in [3.63, 3.8) is 0 Å². The zero-order valence-electron chi connectivity index (χ0n) is 28.6. The SMILES string of the molecule is CCc1ccc(CCNC2C(F)CC3C(=O)C(C(=O)NCCC4CCCN4C)=CN4C5CC6CCCCC6CC5OC2C34)cc1OC. The molecule has 3 aliphatic carbocycles. The third kappa shape index (κ3) is 6.49. The van der Waals surface area contributed by atoms with Gasteiger partial charge in [-0.1, -0.05) is 44.7 Å². The second-order valence-corrected chi connectivity index (χ2v) is 15.2. The molecule has 10 unspecified atom stereocenters. The molecule has 6 aliphatic rings. The van der Waals surface area contributed by atoms with Gasteiger partial charge >= 0.3 is 0 Å². The van der Waals surface area contributed by atoms with E-state index in [-0.39, 0.29) is 41.9 Å². The van der Waals surface area contributed by atoms with Crippen LogP contribution in [0.15, 0.2) is 30.0 Å². The number of benzene rings is 1. The first-order valence-electron chi connectivity index (χ1n) is 18.6. The molecule has 0 bridgehead atoms. The Morgan fingerprint density at radius 1 is 1.09 bits per heavy atom. The lowest BCUT2D eigenvalue weighted by atomic mass is 9.65. The van der Waals surface area contributed by atoms with Crippen LogP contribution >= 0.6 is 0 Å². The van der Waals surface area contributed by atoms with Crippen LogP contribution in [-0.2, 0) is 27.2 Å². The zero-order valence-corrected chi connectivity index (χ0v) is 28.6. The standard InChI is InChI=1S/C38H55FN4O4/c1-4-24-12-11-23(18-32(24)46-3)13-15-40-34-30(39)21-28-35-37(34)47-33-20-26-9-6-5-8-25(26)19-31(33)43(35)22-29(36(28)44)38(45)41-16-14-27-10-7-17-42(27)2/h11-12,18,22,25-28,30-31,33-35,37,40H,4-10,13-17,19-21H2,1-3H3,(H,41,45). The van der Waals surface area contributed by atoms with Crippen LogP contribution in [0.4, 0.5) is 4.39 Å². The van der Waals surface area contributed by atoms with Crippen molar-refractivity contribution in [3.05, 3.63) is 41.1 Å². The molecular weight excluding hydrogens is 595 g/mol. The van der Waals surface area contributed by atoms with Gasteiger partial charge in [-0.2, -0.15) is 0 Å². The first-order chi connectivity index (χ1) is 22.9. The van der Waals surface area contributed by atoms with Crippen molar-refractivity contribution in [2.75, 3.05) is 33.8 Å². The number of nitrogens with zero attached hydrogens (tertiary/aromatic N) is 2. The minimum absolute atomic E-state index is 0.0247. The van der Waals surface area contributed by atoms with E-state index < -0.39 is 24.2 Å². The Kier molecular flexibility index (Phi) is 9.95. The molecule has 5 fully saturated rings. The summed E-state index contributed by atoms with van der Waals surface area (Å²) in [5, 5.41) is 6.62. The number of carbonyl (C=O) groups is 2. The Balaban J connectivity index is 1.11. The van der Waals surface area contributed by atoms with Crippen molar-refractivity contribution in [1.29, 1.82) is 0 Å². The van der Waals surface area contributed by atoms with Crippen molar-refractivity contribution in [2.24, 2.45) is 17.8 Å². The quantitative estimate of drug-likeness (QED) is 0.359. The normalized spacial score (nSPS) is 36.6. The number of carbonyl (C=O) groups excluding carboxylic acids is 2. The van der Waals surface area contributed by atoms with Gasteiger partial charge in [-0.15, -0.1) is 0 Å². The van der Waals surface area contributed by atoms with Crippen LogP contribution in [0.2, 0.25) is 0 Å². The van der Waals surface area contributed by atoms with Crippen LogP contribution < -0.4 is 15.4 Å². The summed E-state index contributed by atoms with van der Waals surface area (Å²) in [6.07, 6.45) is 12.1. The molecule has 3 heterocycles. The van der Waals surface area contributed by atoms with Gasteiger partial charge in [-0.05, 0) is 101 Å². The smallest absolute Gasteiger partial charge is 0.256 e. The number of likely N-dealkylation sites (tertiary alicyclic amines) is 1. The number of fused-ring (bicyclic) bond motifs is 3. The highest BCUT2D eigenvalue weighted by Gasteiger charge is 2.59. The van der Waals surface area contributed by atoms with Gasteiger partial charge in [-0.25, -0.2) is 4.39 Å². The highest BCUT2D eigenvalue weighted by Crippen LogP contribution is 2.50. The van der Waals surface area contributed by atoms with E-state index in [0.29, 0.717) is 31.0 Å². The Bertz CT molecular complexity index is 1340. The summed E-state index contributed by atoms with van der Waals surface area (Å²) in [6, 6.07) is 6.13. The van der Waals surface area contributed by atoms with E-state index in [1.165, 1.54) is 37.7 Å². The molecule has 7 rings (SSSR count). The highest BCUT2D eigenvalue weighted by atomic mass is 19.1. The van der Waals surface area contributed by atoms with E-state index in [4.69, 9.17) is 9.47 Å². The summed E-state index contributed by atoms with van der Waals surface area (Å²) >= 11 is 0. The lowest BCUT2D eigenvalue weighted by Gasteiger charge is -2.61. The fourth-order valence-electron chi connectivity index (χ4n) is 10.1. The maximum absolute atomic E-state index is 16.3. The molecular formula is C38H55FN4O4. The lowest BCUT2D eigenvalue weighted by Crippen LogP contribution is -2.73. The first-order valence-corrected chi connectivity index (χ1v) is 18.6. The Hall–Kier alpha value is -2.49. The Morgan fingerprint density at radius 3 is 2.64 bits per heavy atom. The number of hydrogen-bond acceptors (Lipinski definition) is 7. The fraction of sp³-hybridized carbons (Fsp3) is 0.737. The molecule has 9 heteroatoms. The van der Waals surface area contributed by atoms with Gasteiger partial charge in [0, 0.05) is 24.7 Å². The second kappa shape index (κ2) is 14.2. The lowest BCUT2D eigenvalue weighted by molar-refractivity contribution is -0.208. The van der Waals surface area contributed by atoms with Crippen LogP contribution in [-0.4, -0.2) is 97.8 Å². The molecule has 47 heavy (non-hydrogen) atoms. The van der Waals surface area contributed by atoms with Gasteiger partial charge in [0.25, 0.3) is 5.91 Å². The summed E-state index contributed by atoms with van der Waals surface area (Å²) in [6.45, 7) is 4.35. The molecule has 1 amide bonds. The van der Waals surface area contributed by atoms with Crippen LogP contribution in [0, 0.1) is 17.8 Å². The van der Waals surface area contributed by atoms with Crippen molar-refractivity contribution >= 4 is 11.7 Å². The van der Waals surface area contributed by atoms with E-state index in [1.54, 1.807) is 7.11 Å². The van der Waals surface area contributed by atoms with Gasteiger partial charge < -0.3 is 29.9 Å². The molecule has 10 atom stereocenters. The average molecular weight is 651 g/mol. The molecule has 258 valence electrons. The van der Waals surface area contributed by atoms with Crippen LogP contribution in [0.3, 0.4) is 0 Å². The number of halogens is 1. The van der Waals surface area contributed by atoms with Crippen molar-refractivity contribution in [3.8, 4) is 5.75 Å². The largest absolute Gasteiger partial charge is 0.496 e. The molecule has 0 spiro atoms. The van der Waals surface area contributed by atoms with Gasteiger partial charge in [0.2, 0.25) is 0 Å². The molecule has 2 saturated heterocycles. The molecule has 1 aromatic carbocycles. The fourth-order valence-corrected chi connectivity index (χ4v) is 10.1. The maximum Gasteiger partial charge on any atom is 0.256 e. The van der Waals surface area contributed by atoms with Crippen molar-refractivity contribution in [1.82, 2.24) is 20.4 Å². The number of rotatable bonds is 10. The monoisotopic (exact) mass is 650 g/mol. The third-order valence-electron chi connectivity index (χ3n) is 12.7. The van der Waals surface area contributed by atoms with Gasteiger partial charge in [-0.3, -0.25) is 9.59 Å². The molecule has 1 aromatic rings. The minimum atomic E-state index is -1.24. The Labute approximate surface area is 280 Å². The number of Topliss-reactive ketones (excluding diaryl/α,β-unsaturated/α-hetero) is 1. The van der Waals surface area contributed by atoms with Crippen LogP contribution in [0.25, 0.3) is 0 Å². The zero-order chi connectivity index (χ0) is 32.7. The molecule has 0 radical (unpaired) electrons. The number of alkyl halides is 1. The molecule has 8 nitrogen and oxygen atoms in total. The average Bonchev–Trinajstić information content (AvgIpc) is 3.49. The summed E-state index contributed by atoms with van der Waals surface area (Å²) < 4.78 is 28.9. The van der Waals surface area contributed by atoms with E-state index in [2.05, 4.69) is 52.6 Å². The summed E-state index contributed by atoms with van der Waals surface area (Å²) in [7, 11) is 3.84. The summed E-state index contributed by atoms with van der Waals surface area (Å²) in [5.41, 5.74) is 2.52. The van der Waals surface area contributed by atoms with Crippen LogP contribution in [0.1, 0.15) is 82.3 Å². The molecule has 3 aliphatic heterocycles. The third-order valence-corrected chi connectivity index (χ3v) is 12.7. The Morgan fingerprint density at radius 2 is 1.89 bits per heavy atom.